The van der Waals surface area contributed by atoms with Gasteiger partial charge < -0.3 is 9.63 Å². The van der Waals surface area contributed by atoms with Crippen molar-refractivity contribution in [2.45, 2.75) is 58.0 Å². The molecule has 0 aromatic carbocycles. The van der Waals surface area contributed by atoms with Gasteiger partial charge in [-0.25, -0.2) is 0 Å². The van der Waals surface area contributed by atoms with Gasteiger partial charge in [-0.1, -0.05) is 19.0 Å². The normalized spacial score (nSPS) is 33.3. The molecule has 0 saturated heterocycles. The Morgan fingerprint density at radius 2 is 2.13 bits per heavy atom. The van der Waals surface area contributed by atoms with Crippen LogP contribution in [0.4, 0.5) is 0 Å². The van der Waals surface area contributed by atoms with Gasteiger partial charge in [-0.15, -0.1) is 0 Å². The maximum Gasteiger partial charge on any atom is 0.276 e. The van der Waals surface area contributed by atoms with E-state index in [1.807, 2.05) is 18.7 Å². The Bertz CT molecular complexity index is 750. The van der Waals surface area contributed by atoms with Crippen molar-refractivity contribution in [2.75, 3.05) is 0 Å². The molecule has 1 saturated carbocycles. The van der Waals surface area contributed by atoms with Gasteiger partial charge in [-0.3, -0.25) is 4.68 Å². The first-order valence-corrected chi connectivity index (χ1v) is 8.47. The zero-order valence-electron chi connectivity index (χ0n) is 14.2. The maximum absolute atomic E-state index is 10.3. The molecule has 124 valence electrons. The summed E-state index contributed by atoms with van der Waals surface area (Å²) in [4.78, 5) is 4.40. The SMILES string of the molecule is Cc1noc(-c2c3c(nn2C)[C@@]2(C)CCC(O)[C@@H](C)[C@@H]2CC3)n1. The summed E-state index contributed by atoms with van der Waals surface area (Å²) in [6.07, 6.45) is 3.68. The minimum absolute atomic E-state index is 0.0251. The average molecular weight is 316 g/mol. The summed E-state index contributed by atoms with van der Waals surface area (Å²) in [7, 11) is 1.95. The smallest absolute Gasteiger partial charge is 0.276 e. The number of aromatic nitrogens is 4. The number of nitrogens with zero attached hydrogens (tertiary/aromatic N) is 4. The van der Waals surface area contributed by atoms with Crippen LogP contribution in [-0.4, -0.2) is 31.1 Å². The van der Waals surface area contributed by atoms with Crippen LogP contribution in [0, 0.1) is 18.8 Å². The molecule has 4 atom stereocenters. The van der Waals surface area contributed by atoms with Gasteiger partial charge in [0.2, 0.25) is 0 Å². The predicted molar refractivity (Wildman–Crippen MR) is 84.8 cm³/mol. The molecule has 0 spiro atoms. The molecule has 0 amide bonds. The second-order valence-electron chi connectivity index (χ2n) is 7.47. The Morgan fingerprint density at radius 3 is 2.83 bits per heavy atom. The fourth-order valence-corrected chi connectivity index (χ4v) is 4.84. The zero-order chi connectivity index (χ0) is 16.4. The van der Waals surface area contributed by atoms with Crippen molar-refractivity contribution in [1.29, 1.82) is 0 Å². The highest BCUT2D eigenvalue weighted by atomic mass is 16.5. The molecule has 6 heteroatoms. The van der Waals surface area contributed by atoms with E-state index in [4.69, 9.17) is 9.62 Å². The highest BCUT2D eigenvalue weighted by molar-refractivity contribution is 5.57. The lowest BCUT2D eigenvalue weighted by Gasteiger charge is -2.49. The maximum atomic E-state index is 10.3. The average Bonchev–Trinajstić information content (AvgIpc) is 3.07. The molecular formula is C17H24N4O2. The molecule has 2 aromatic heterocycles. The lowest BCUT2D eigenvalue weighted by Crippen LogP contribution is -2.48. The summed E-state index contributed by atoms with van der Waals surface area (Å²) in [5.41, 5.74) is 3.40. The first-order chi connectivity index (χ1) is 10.9. The van der Waals surface area contributed by atoms with E-state index in [1.54, 1.807) is 0 Å². The number of hydrogen-bond donors (Lipinski definition) is 1. The first-order valence-electron chi connectivity index (χ1n) is 8.47. The number of aryl methyl sites for hydroxylation is 2. The summed E-state index contributed by atoms with van der Waals surface area (Å²) in [6.45, 7) is 6.33. The molecular weight excluding hydrogens is 292 g/mol. The van der Waals surface area contributed by atoms with Crippen molar-refractivity contribution in [2.24, 2.45) is 18.9 Å². The molecule has 0 bridgehead atoms. The molecule has 1 unspecified atom stereocenters. The third kappa shape index (κ3) is 2.00. The van der Waals surface area contributed by atoms with Crippen LogP contribution in [0.3, 0.4) is 0 Å². The van der Waals surface area contributed by atoms with E-state index >= 15 is 0 Å². The molecule has 23 heavy (non-hydrogen) atoms. The van der Waals surface area contributed by atoms with Gasteiger partial charge >= 0.3 is 0 Å². The standard InChI is InChI=1S/C17H24N4O2/c1-9-12-6-5-11-14(16-18-10(2)20-23-16)21(4)19-15(11)17(12,3)8-7-13(9)22/h9,12-13,22H,5-8H2,1-4H3/t9-,12-,13?,17-/m0/s1. The van der Waals surface area contributed by atoms with Gasteiger partial charge in [-0.2, -0.15) is 10.1 Å². The summed E-state index contributed by atoms with van der Waals surface area (Å²) < 4.78 is 7.29. The largest absolute Gasteiger partial charge is 0.393 e. The van der Waals surface area contributed by atoms with Gasteiger partial charge in [-0.05, 0) is 44.4 Å². The summed E-state index contributed by atoms with van der Waals surface area (Å²) in [5, 5.41) is 19.0. The van der Waals surface area contributed by atoms with Crippen LogP contribution in [0.1, 0.15) is 50.2 Å². The third-order valence-electron chi connectivity index (χ3n) is 6.14. The van der Waals surface area contributed by atoms with Crippen molar-refractivity contribution in [1.82, 2.24) is 19.9 Å². The topological polar surface area (TPSA) is 77.0 Å². The monoisotopic (exact) mass is 316 g/mol. The van der Waals surface area contributed by atoms with Gasteiger partial charge in [0.25, 0.3) is 5.89 Å². The molecule has 1 N–H and O–H groups in total. The van der Waals surface area contributed by atoms with Crippen molar-refractivity contribution >= 4 is 0 Å². The fraction of sp³-hybridized carbons (Fsp3) is 0.706. The summed E-state index contributed by atoms with van der Waals surface area (Å²) >= 11 is 0. The van der Waals surface area contributed by atoms with Crippen LogP contribution in [0.5, 0.6) is 0 Å². The van der Waals surface area contributed by atoms with Crippen LogP contribution in [0.15, 0.2) is 4.52 Å². The Balaban J connectivity index is 1.84. The number of aliphatic hydroxyl groups is 1. The van der Waals surface area contributed by atoms with Crippen molar-refractivity contribution < 1.29 is 9.63 Å². The van der Waals surface area contributed by atoms with E-state index in [1.165, 1.54) is 11.3 Å². The zero-order valence-corrected chi connectivity index (χ0v) is 14.2. The van der Waals surface area contributed by atoms with Crippen LogP contribution in [0.25, 0.3) is 11.6 Å². The lowest BCUT2D eigenvalue weighted by molar-refractivity contribution is -0.00860. The highest BCUT2D eigenvalue weighted by Crippen LogP contribution is 2.52. The quantitative estimate of drug-likeness (QED) is 0.874. The van der Waals surface area contributed by atoms with Crippen molar-refractivity contribution in [3.63, 3.8) is 0 Å². The second kappa shape index (κ2) is 4.90. The highest BCUT2D eigenvalue weighted by Gasteiger charge is 2.50. The van der Waals surface area contributed by atoms with E-state index in [0.29, 0.717) is 23.6 Å². The Morgan fingerprint density at radius 1 is 1.35 bits per heavy atom. The first kappa shape index (κ1) is 14.9. The van der Waals surface area contributed by atoms with Crippen LogP contribution in [-0.2, 0) is 18.9 Å². The van der Waals surface area contributed by atoms with Crippen LogP contribution in [0.2, 0.25) is 0 Å². The van der Waals surface area contributed by atoms with E-state index in [-0.39, 0.29) is 11.5 Å². The number of rotatable bonds is 1. The molecule has 2 aliphatic carbocycles. The molecule has 2 aliphatic rings. The number of aliphatic hydroxyl groups excluding tert-OH is 1. The summed E-state index contributed by atoms with van der Waals surface area (Å²) in [6, 6.07) is 0. The van der Waals surface area contributed by atoms with E-state index in [2.05, 4.69) is 24.0 Å². The molecule has 4 rings (SSSR count). The van der Waals surface area contributed by atoms with Gasteiger partial charge in [0.05, 0.1) is 11.8 Å². The lowest BCUT2D eigenvalue weighted by atomic mass is 9.56. The van der Waals surface area contributed by atoms with E-state index in [9.17, 15) is 5.11 Å². The molecule has 1 fully saturated rings. The fourth-order valence-electron chi connectivity index (χ4n) is 4.84. The van der Waals surface area contributed by atoms with Gasteiger partial charge in [0, 0.05) is 18.0 Å². The van der Waals surface area contributed by atoms with E-state index < -0.39 is 0 Å². The van der Waals surface area contributed by atoms with Crippen LogP contribution < -0.4 is 0 Å². The van der Waals surface area contributed by atoms with Gasteiger partial charge in [0.1, 0.15) is 5.69 Å². The van der Waals surface area contributed by atoms with E-state index in [0.717, 1.165) is 31.4 Å². The molecule has 2 aromatic rings. The van der Waals surface area contributed by atoms with Crippen molar-refractivity contribution in [3.8, 4) is 11.6 Å². The number of fused-ring (bicyclic) bond motifs is 3. The Labute approximate surface area is 135 Å². The van der Waals surface area contributed by atoms with Gasteiger partial charge in [0.15, 0.2) is 5.82 Å². The molecule has 2 heterocycles. The van der Waals surface area contributed by atoms with Crippen molar-refractivity contribution in [3.05, 3.63) is 17.1 Å². The number of hydrogen-bond acceptors (Lipinski definition) is 5. The molecule has 0 radical (unpaired) electrons. The minimum atomic E-state index is -0.184. The third-order valence-corrected chi connectivity index (χ3v) is 6.14. The Hall–Kier alpha value is -1.69. The van der Waals surface area contributed by atoms with Crippen LogP contribution >= 0.6 is 0 Å². The predicted octanol–water partition coefficient (Wildman–Crippen LogP) is 2.39. The summed E-state index contributed by atoms with van der Waals surface area (Å²) in [5.74, 6) is 2.00. The second-order valence-corrected chi connectivity index (χ2v) is 7.47. The Kier molecular flexibility index (Phi) is 3.17. The molecule has 0 aliphatic heterocycles. The molecule has 6 nitrogen and oxygen atoms in total. The minimum Gasteiger partial charge on any atom is -0.393 e.